The molecule has 3 N–H and O–H groups in total. The van der Waals surface area contributed by atoms with Crippen LogP contribution in [0.5, 0.6) is 0 Å². The van der Waals surface area contributed by atoms with Crippen LogP contribution >= 0.6 is 24.8 Å². The molecule has 0 aromatic heterocycles. The summed E-state index contributed by atoms with van der Waals surface area (Å²) in [6.07, 6.45) is 0.659. The predicted molar refractivity (Wildman–Crippen MR) is 109 cm³/mol. The van der Waals surface area contributed by atoms with E-state index in [2.05, 4.69) is 24.1 Å². The van der Waals surface area contributed by atoms with Gasteiger partial charge >= 0.3 is 0 Å². The largest absolute Gasteiger partial charge is 0.378 e. The summed E-state index contributed by atoms with van der Waals surface area (Å²) in [6, 6.07) is 0. The summed E-state index contributed by atoms with van der Waals surface area (Å²) in [7, 11) is 0. The van der Waals surface area contributed by atoms with Crippen LogP contribution in [0.25, 0.3) is 0 Å². The van der Waals surface area contributed by atoms with E-state index in [0.29, 0.717) is 25.5 Å². The fraction of sp³-hybridized carbons (Fsp3) is 0.944. The molecule has 8 heteroatoms. The van der Waals surface area contributed by atoms with Gasteiger partial charge in [-0.05, 0) is 12.8 Å². The molecule has 0 aromatic rings. The van der Waals surface area contributed by atoms with Crippen LogP contribution in [0.4, 0.5) is 0 Å². The van der Waals surface area contributed by atoms with Crippen LogP contribution in [0.2, 0.25) is 0 Å². The summed E-state index contributed by atoms with van der Waals surface area (Å²) in [5.41, 5.74) is 5.19. The highest BCUT2D eigenvalue weighted by molar-refractivity contribution is 5.88. The zero-order chi connectivity index (χ0) is 18.0. The molecule has 6 nitrogen and oxygen atoms in total. The molecule has 3 unspecified atom stereocenters. The topological polar surface area (TPSA) is 76.8 Å². The second-order valence-electron chi connectivity index (χ2n) is 8.20. The van der Waals surface area contributed by atoms with Gasteiger partial charge in [-0.3, -0.25) is 9.69 Å². The van der Waals surface area contributed by atoms with Crippen molar-refractivity contribution < 1.29 is 14.3 Å². The SMILES string of the molecule is CCOC1CC(N)(C(=O)NCC2CN(CC(C)C)CCO2)C1(C)C.Cl.Cl. The molecule has 1 aliphatic carbocycles. The zero-order valence-electron chi connectivity index (χ0n) is 16.7. The average Bonchev–Trinajstić information content (AvgIpc) is 2.52. The molecule has 1 amide bonds. The lowest BCUT2D eigenvalue weighted by Gasteiger charge is -2.57. The molecular weight excluding hydrogens is 377 g/mol. The van der Waals surface area contributed by atoms with Crippen LogP contribution in [0.1, 0.15) is 41.0 Å². The fourth-order valence-corrected chi connectivity index (χ4v) is 3.77. The Morgan fingerprint density at radius 2 is 2.04 bits per heavy atom. The number of halogens is 2. The number of rotatable bonds is 7. The molecular formula is C18H37Cl2N3O3. The van der Waals surface area contributed by atoms with Gasteiger partial charge in [0.05, 0.1) is 18.8 Å². The van der Waals surface area contributed by atoms with Crippen molar-refractivity contribution in [1.29, 1.82) is 0 Å². The first kappa shape index (κ1) is 25.9. The number of carbonyl (C=O) groups excluding carboxylic acids is 1. The molecule has 2 rings (SSSR count). The Labute approximate surface area is 170 Å². The summed E-state index contributed by atoms with van der Waals surface area (Å²) in [5, 5.41) is 3.02. The molecule has 3 atom stereocenters. The minimum Gasteiger partial charge on any atom is -0.378 e. The van der Waals surface area contributed by atoms with E-state index in [1.54, 1.807) is 0 Å². The Morgan fingerprint density at radius 3 is 2.58 bits per heavy atom. The third-order valence-corrected chi connectivity index (χ3v) is 5.57. The van der Waals surface area contributed by atoms with E-state index in [9.17, 15) is 4.79 Å². The number of morpholine rings is 1. The lowest BCUT2D eigenvalue weighted by atomic mass is 9.54. The minimum absolute atomic E-state index is 0. The molecule has 1 aliphatic heterocycles. The molecule has 2 aliphatic rings. The van der Waals surface area contributed by atoms with Crippen molar-refractivity contribution >= 4 is 30.7 Å². The Balaban J connectivity index is 0.00000312. The molecule has 0 spiro atoms. The maximum Gasteiger partial charge on any atom is 0.240 e. The van der Waals surface area contributed by atoms with Crippen molar-refractivity contribution in [2.75, 3.05) is 39.4 Å². The number of nitrogens with one attached hydrogen (secondary N) is 1. The summed E-state index contributed by atoms with van der Waals surface area (Å²) >= 11 is 0. The maximum atomic E-state index is 12.7. The lowest BCUT2D eigenvalue weighted by Crippen LogP contribution is -2.76. The first-order valence-corrected chi connectivity index (χ1v) is 9.23. The molecule has 0 aromatic carbocycles. The van der Waals surface area contributed by atoms with Crippen molar-refractivity contribution in [3.63, 3.8) is 0 Å². The summed E-state index contributed by atoms with van der Waals surface area (Å²) in [4.78, 5) is 15.1. The highest BCUT2D eigenvalue weighted by Gasteiger charge is 2.62. The van der Waals surface area contributed by atoms with Crippen molar-refractivity contribution in [2.24, 2.45) is 17.1 Å². The number of hydrogen-bond acceptors (Lipinski definition) is 5. The lowest BCUT2D eigenvalue weighted by molar-refractivity contribution is -0.171. The number of carbonyl (C=O) groups is 1. The van der Waals surface area contributed by atoms with Gasteiger partial charge in [0, 0.05) is 44.6 Å². The van der Waals surface area contributed by atoms with E-state index < -0.39 is 5.54 Å². The highest BCUT2D eigenvalue weighted by atomic mass is 35.5. The molecule has 1 saturated heterocycles. The van der Waals surface area contributed by atoms with E-state index in [1.165, 1.54) is 0 Å². The molecule has 0 bridgehead atoms. The fourth-order valence-electron chi connectivity index (χ4n) is 3.77. The monoisotopic (exact) mass is 413 g/mol. The second-order valence-corrected chi connectivity index (χ2v) is 8.20. The molecule has 0 radical (unpaired) electrons. The van der Waals surface area contributed by atoms with Crippen molar-refractivity contribution in [1.82, 2.24) is 10.2 Å². The van der Waals surface area contributed by atoms with E-state index in [0.717, 1.165) is 26.2 Å². The molecule has 1 heterocycles. The van der Waals surface area contributed by atoms with E-state index in [1.807, 2.05) is 20.8 Å². The summed E-state index contributed by atoms with van der Waals surface area (Å²) in [5.74, 6) is 0.546. The number of ether oxygens (including phenoxy) is 2. The third kappa shape index (κ3) is 5.46. The van der Waals surface area contributed by atoms with Gasteiger partial charge in [0.15, 0.2) is 0 Å². The van der Waals surface area contributed by atoms with E-state index in [4.69, 9.17) is 15.2 Å². The Hall–Kier alpha value is -0.110. The number of nitrogens with two attached hydrogens (primary N) is 1. The normalized spacial score (nSPS) is 30.7. The minimum atomic E-state index is -0.862. The van der Waals surface area contributed by atoms with E-state index >= 15 is 0 Å². The summed E-state index contributed by atoms with van der Waals surface area (Å²) < 4.78 is 11.5. The first-order valence-electron chi connectivity index (χ1n) is 9.23. The standard InChI is InChI=1S/C18H35N3O3.2ClH/c1-6-23-15-9-18(19,17(15,4)5)16(22)20-10-14-12-21(7-8-24-14)11-13(2)3;;/h13-15H,6-12,19H2,1-5H3,(H,20,22);2*1H. The van der Waals surface area contributed by atoms with Gasteiger partial charge in [0.2, 0.25) is 5.91 Å². The predicted octanol–water partition coefficient (Wildman–Crippen LogP) is 1.84. The highest BCUT2D eigenvalue weighted by Crippen LogP contribution is 2.49. The Morgan fingerprint density at radius 1 is 1.38 bits per heavy atom. The van der Waals surface area contributed by atoms with Crippen LogP contribution < -0.4 is 11.1 Å². The number of nitrogens with zero attached hydrogens (tertiary/aromatic N) is 1. The van der Waals surface area contributed by atoms with Gasteiger partial charge in [-0.1, -0.05) is 27.7 Å². The molecule has 156 valence electrons. The number of amides is 1. The van der Waals surface area contributed by atoms with Crippen LogP contribution in [-0.4, -0.2) is 67.9 Å². The van der Waals surface area contributed by atoms with Gasteiger partial charge in [-0.2, -0.15) is 0 Å². The first-order chi connectivity index (χ1) is 11.2. The summed E-state index contributed by atoms with van der Waals surface area (Å²) in [6.45, 7) is 15.2. The molecule has 1 saturated carbocycles. The van der Waals surface area contributed by atoms with Crippen molar-refractivity contribution in [2.45, 2.75) is 58.8 Å². The maximum absolute atomic E-state index is 12.7. The smallest absolute Gasteiger partial charge is 0.240 e. The zero-order valence-corrected chi connectivity index (χ0v) is 18.4. The van der Waals surface area contributed by atoms with Crippen molar-refractivity contribution in [3.8, 4) is 0 Å². The van der Waals surface area contributed by atoms with Gasteiger partial charge in [0.25, 0.3) is 0 Å². The third-order valence-electron chi connectivity index (χ3n) is 5.57. The van der Waals surface area contributed by atoms with Gasteiger partial charge in [0.1, 0.15) is 5.54 Å². The quantitative estimate of drug-likeness (QED) is 0.665. The van der Waals surface area contributed by atoms with Gasteiger partial charge < -0.3 is 20.5 Å². The van der Waals surface area contributed by atoms with Crippen LogP contribution in [0.3, 0.4) is 0 Å². The molecule has 2 fully saturated rings. The average molecular weight is 414 g/mol. The number of hydrogen-bond donors (Lipinski definition) is 2. The molecule has 26 heavy (non-hydrogen) atoms. The van der Waals surface area contributed by atoms with E-state index in [-0.39, 0.29) is 48.3 Å². The Kier molecular flexibility index (Phi) is 10.4. The second kappa shape index (κ2) is 10.4. The Bertz CT molecular complexity index is 451. The van der Waals surface area contributed by atoms with Gasteiger partial charge in [-0.25, -0.2) is 0 Å². The van der Waals surface area contributed by atoms with Crippen LogP contribution in [0, 0.1) is 11.3 Å². The van der Waals surface area contributed by atoms with Gasteiger partial charge in [-0.15, -0.1) is 24.8 Å². The van der Waals surface area contributed by atoms with Crippen molar-refractivity contribution in [3.05, 3.63) is 0 Å². The van der Waals surface area contributed by atoms with Crippen LogP contribution in [0.15, 0.2) is 0 Å². The van der Waals surface area contributed by atoms with Crippen LogP contribution in [-0.2, 0) is 14.3 Å².